The van der Waals surface area contributed by atoms with E-state index in [0.717, 1.165) is 29.3 Å². The Morgan fingerprint density at radius 1 is 1.30 bits per heavy atom. The van der Waals surface area contributed by atoms with Crippen LogP contribution in [0.3, 0.4) is 0 Å². The summed E-state index contributed by atoms with van der Waals surface area (Å²) in [5.41, 5.74) is 3.43. The Bertz CT molecular complexity index is 588. The maximum Gasteiger partial charge on any atom is 0.112 e. The van der Waals surface area contributed by atoms with Crippen LogP contribution in [0.4, 0.5) is 5.69 Å². The summed E-state index contributed by atoms with van der Waals surface area (Å²) in [4.78, 5) is 8.14. The number of benzene rings is 1. The number of nitrogens with zero attached hydrogens (tertiary/aromatic N) is 1. The second kappa shape index (κ2) is 5.12. The number of fused-ring (bicyclic) bond motifs is 1. The van der Waals surface area contributed by atoms with Gasteiger partial charge < -0.3 is 10.3 Å². The lowest BCUT2D eigenvalue weighted by Crippen LogP contribution is -2.15. The molecule has 0 saturated heterocycles. The summed E-state index contributed by atoms with van der Waals surface area (Å²) in [5.74, 6) is 2.02. The average molecular weight is 271 g/mol. The van der Waals surface area contributed by atoms with Crippen molar-refractivity contribution in [2.24, 2.45) is 5.92 Å². The van der Waals surface area contributed by atoms with E-state index in [0.29, 0.717) is 0 Å². The van der Waals surface area contributed by atoms with E-state index in [1.165, 1.54) is 31.4 Å². The van der Waals surface area contributed by atoms with Gasteiger partial charge in [-0.05, 0) is 30.5 Å². The molecule has 3 heteroatoms. The molecule has 2 aromatic rings. The van der Waals surface area contributed by atoms with Crippen molar-refractivity contribution in [3.63, 3.8) is 0 Å². The Labute approximate surface area is 121 Å². The highest BCUT2D eigenvalue weighted by atomic mass is 14.9. The first-order valence-electron chi connectivity index (χ1n) is 7.76. The van der Waals surface area contributed by atoms with Crippen LogP contribution >= 0.6 is 0 Å². The molecule has 3 rings (SSSR count). The molecule has 1 heterocycles. The Balaban J connectivity index is 1.69. The fraction of sp³-hybridized carbons (Fsp3) is 0.588. The van der Waals surface area contributed by atoms with Gasteiger partial charge in [0, 0.05) is 17.6 Å². The third kappa shape index (κ3) is 2.82. The lowest BCUT2D eigenvalue weighted by atomic mass is 9.83. The van der Waals surface area contributed by atoms with E-state index in [-0.39, 0.29) is 5.41 Å². The minimum absolute atomic E-state index is 0.0663. The first-order chi connectivity index (χ1) is 9.52. The van der Waals surface area contributed by atoms with E-state index < -0.39 is 0 Å². The molecule has 1 aliphatic carbocycles. The van der Waals surface area contributed by atoms with Crippen molar-refractivity contribution in [3.05, 3.63) is 24.0 Å². The van der Waals surface area contributed by atoms with Gasteiger partial charge in [0.1, 0.15) is 5.82 Å². The van der Waals surface area contributed by atoms with Crippen LogP contribution in [0.1, 0.15) is 52.3 Å². The topological polar surface area (TPSA) is 40.7 Å². The molecule has 0 aliphatic heterocycles. The third-order valence-corrected chi connectivity index (χ3v) is 4.30. The third-order valence-electron chi connectivity index (χ3n) is 4.30. The van der Waals surface area contributed by atoms with Crippen LogP contribution in [-0.4, -0.2) is 16.5 Å². The van der Waals surface area contributed by atoms with Crippen LogP contribution in [0.15, 0.2) is 18.2 Å². The molecule has 0 unspecified atom stereocenters. The predicted molar refractivity (Wildman–Crippen MR) is 85.2 cm³/mol. The molecule has 1 fully saturated rings. The molecule has 3 nitrogen and oxygen atoms in total. The molecular formula is C17H25N3. The standard InChI is InChI=1S/C17H25N3/c1-17(2,3)16-19-14-8-7-13(11-15(14)20-16)18-10-9-12-5-4-6-12/h7-8,11-12,18H,4-6,9-10H2,1-3H3,(H,19,20). The number of hydrogen-bond acceptors (Lipinski definition) is 2. The first-order valence-corrected chi connectivity index (χ1v) is 7.76. The van der Waals surface area contributed by atoms with Crippen molar-refractivity contribution in [3.8, 4) is 0 Å². The maximum absolute atomic E-state index is 4.72. The Hall–Kier alpha value is -1.51. The second-order valence-corrected chi connectivity index (χ2v) is 7.08. The summed E-state index contributed by atoms with van der Waals surface area (Å²) >= 11 is 0. The van der Waals surface area contributed by atoms with E-state index in [9.17, 15) is 0 Å². The summed E-state index contributed by atoms with van der Waals surface area (Å²) in [5, 5.41) is 3.53. The van der Waals surface area contributed by atoms with Gasteiger partial charge in [0.25, 0.3) is 0 Å². The van der Waals surface area contributed by atoms with Gasteiger partial charge in [-0.1, -0.05) is 40.0 Å². The number of aromatic nitrogens is 2. The van der Waals surface area contributed by atoms with Crippen molar-refractivity contribution >= 4 is 16.7 Å². The Morgan fingerprint density at radius 3 is 2.75 bits per heavy atom. The molecule has 0 bridgehead atoms. The van der Waals surface area contributed by atoms with Gasteiger partial charge in [0.15, 0.2) is 0 Å². The van der Waals surface area contributed by atoms with Crippen LogP contribution < -0.4 is 5.32 Å². The summed E-state index contributed by atoms with van der Waals surface area (Å²) in [6, 6.07) is 6.43. The van der Waals surface area contributed by atoms with Crippen molar-refractivity contribution in [1.29, 1.82) is 0 Å². The van der Waals surface area contributed by atoms with E-state index in [4.69, 9.17) is 4.98 Å². The molecule has 0 amide bonds. The predicted octanol–water partition coefficient (Wildman–Crippen LogP) is 4.46. The van der Waals surface area contributed by atoms with Gasteiger partial charge in [-0.25, -0.2) is 4.98 Å². The molecule has 0 radical (unpaired) electrons. The number of aromatic amines is 1. The molecule has 108 valence electrons. The molecule has 2 N–H and O–H groups in total. The highest BCUT2D eigenvalue weighted by Crippen LogP contribution is 2.29. The van der Waals surface area contributed by atoms with Crippen molar-refractivity contribution in [2.45, 2.75) is 51.9 Å². The molecule has 1 aliphatic rings. The number of anilines is 1. The van der Waals surface area contributed by atoms with Gasteiger partial charge in [-0.3, -0.25) is 0 Å². The largest absolute Gasteiger partial charge is 0.385 e. The molecule has 0 atom stereocenters. The zero-order valence-corrected chi connectivity index (χ0v) is 12.8. The first kappa shape index (κ1) is 13.5. The monoisotopic (exact) mass is 271 g/mol. The zero-order valence-electron chi connectivity index (χ0n) is 12.8. The normalized spacial score (nSPS) is 16.4. The lowest BCUT2D eigenvalue weighted by Gasteiger charge is -2.25. The maximum atomic E-state index is 4.72. The van der Waals surface area contributed by atoms with Gasteiger partial charge >= 0.3 is 0 Å². The fourth-order valence-electron chi connectivity index (χ4n) is 2.67. The minimum atomic E-state index is 0.0663. The fourth-order valence-corrected chi connectivity index (χ4v) is 2.67. The summed E-state index contributed by atoms with van der Waals surface area (Å²) in [6.07, 6.45) is 5.58. The van der Waals surface area contributed by atoms with E-state index in [1.54, 1.807) is 0 Å². The molecular weight excluding hydrogens is 246 g/mol. The van der Waals surface area contributed by atoms with Crippen LogP contribution in [0.2, 0.25) is 0 Å². The summed E-state index contributed by atoms with van der Waals surface area (Å²) in [7, 11) is 0. The lowest BCUT2D eigenvalue weighted by molar-refractivity contribution is 0.303. The average Bonchev–Trinajstić information content (AvgIpc) is 2.75. The van der Waals surface area contributed by atoms with Crippen LogP contribution in [0.5, 0.6) is 0 Å². The number of hydrogen-bond donors (Lipinski definition) is 2. The van der Waals surface area contributed by atoms with Crippen molar-refractivity contribution < 1.29 is 0 Å². The SMILES string of the molecule is CC(C)(C)c1nc2cc(NCCC3CCC3)ccc2[nH]1. The number of imidazole rings is 1. The molecule has 0 spiro atoms. The summed E-state index contributed by atoms with van der Waals surface area (Å²) in [6.45, 7) is 7.63. The number of H-pyrrole nitrogens is 1. The minimum Gasteiger partial charge on any atom is -0.385 e. The smallest absolute Gasteiger partial charge is 0.112 e. The van der Waals surface area contributed by atoms with Crippen molar-refractivity contribution in [2.75, 3.05) is 11.9 Å². The molecule has 20 heavy (non-hydrogen) atoms. The van der Waals surface area contributed by atoms with Gasteiger partial charge in [-0.15, -0.1) is 0 Å². The van der Waals surface area contributed by atoms with E-state index >= 15 is 0 Å². The highest BCUT2D eigenvalue weighted by molar-refractivity contribution is 5.79. The van der Waals surface area contributed by atoms with Crippen LogP contribution in [0, 0.1) is 5.92 Å². The Morgan fingerprint density at radius 2 is 2.10 bits per heavy atom. The molecule has 1 aromatic heterocycles. The van der Waals surface area contributed by atoms with E-state index in [2.05, 4.69) is 49.3 Å². The van der Waals surface area contributed by atoms with E-state index in [1.807, 2.05) is 0 Å². The van der Waals surface area contributed by atoms with Crippen molar-refractivity contribution in [1.82, 2.24) is 9.97 Å². The van der Waals surface area contributed by atoms with Crippen LogP contribution in [0.25, 0.3) is 11.0 Å². The van der Waals surface area contributed by atoms with Gasteiger partial charge in [-0.2, -0.15) is 0 Å². The quantitative estimate of drug-likeness (QED) is 0.861. The van der Waals surface area contributed by atoms with Gasteiger partial charge in [0.05, 0.1) is 11.0 Å². The van der Waals surface area contributed by atoms with Crippen LogP contribution in [-0.2, 0) is 5.41 Å². The zero-order chi connectivity index (χ0) is 14.2. The summed E-state index contributed by atoms with van der Waals surface area (Å²) < 4.78 is 0. The Kier molecular flexibility index (Phi) is 3.45. The number of rotatable bonds is 4. The second-order valence-electron chi connectivity index (χ2n) is 7.08. The highest BCUT2D eigenvalue weighted by Gasteiger charge is 2.18. The van der Waals surface area contributed by atoms with Gasteiger partial charge in [0.2, 0.25) is 0 Å². The number of nitrogens with one attached hydrogen (secondary N) is 2. The molecule has 1 aromatic carbocycles. The molecule has 1 saturated carbocycles.